The fourth-order valence-corrected chi connectivity index (χ4v) is 2.43. The van der Waals surface area contributed by atoms with Crippen LogP contribution in [0.4, 0.5) is 0 Å². The summed E-state index contributed by atoms with van der Waals surface area (Å²) in [6, 6.07) is 0. The van der Waals surface area contributed by atoms with Gasteiger partial charge in [-0.15, -0.1) is 0 Å². The first-order valence-electron chi connectivity index (χ1n) is 19.8. The highest BCUT2D eigenvalue weighted by molar-refractivity contribution is 7.78. The van der Waals surface area contributed by atoms with Crippen LogP contribution in [0.25, 0.3) is 0 Å². The predicted octanol–water partition coefficient (Wildman–Crippen LogP) is 12.7. The van der Waals surface area contributed by atoms with Crippen LogP contribution in [-0.4, -0.2) is 5.02 Å². The molecule has 0 radical (unpaired) electrons. The van der Waals surface area contributed by atoms with Crippen molar-refractivity contribution in [3.8, 4) is 0 Å². The molecule has 0 saturated heterocycles. The van der Waals surface area contributed by atoms with Gasteiger partial charge >= 0.3 is 0 Å². The lowest BCUT2D eigenvalue weighted by Crippen LogP contribution is -1.26. The summed E-state index contributed by atoms with van der Waals surface area (Å²) in [7, 11) is 0. The average molecular weight is 983 g/mol. The molecule has 0 N–H and O–H groups in total. The molecular weight excluding hydrogens is 981 g/mol. The van der Waals surface area contributed by atoms with E-state index in [4.69, 9.17) is 0 Å². The zero-order chi connectivity index (χ0) is 57.2. The Morgan fingerprint density at radius 1 is 0.100 bits per heavy atom. The van der Waals surface area contributed by atoms with E-state index < -0.39 is 0 Å². The molecule has 0 aromatic heterocycles. The highest BCUT2D eigenvalue weighted by Gasteiger charge is 1.49. The van der Waals surface area contributed by atoms with Gasteiger partial charge in [0.2, 0.25) is 0 Å². The Morgan fingerprint density at radius 2 is 0.163 bits per heavy atom. The highest BCUT2D eigenvalue weighted by atomic mass is 32.1. The second-order valence-corrected chi connectivity index (χ2v) is 9.98. The van der Waals surface area contributed by atoms with Gasteiger partial charge in [-0.05, 0) is 64.6 Å². The van der Waals surface area contributed by atoms with E-state index in [9.17, 15) is 0 Å². The van der Waals surface area contributed by atoms with Gasteiger partial charge < -0.3 is 0 Å². The molecule has 0 aliphatic carbocycles. The van der Waals surface area contributed by atoms with E-state index in [-0.39, 0.29) is 0 Å². The van der Waals surface area contributed by atoms with E-state index in [1.807, 2.05) is 0 Å². The summed E-state index contributed by atoms with van der Waals surface area (Å²) in [6.45, 7) is 3.32. The maximum absolute atomic E-state index is 4.40. The topological polar surface area (TPSA) is 0 Å². The molecule has 1 heteroatoms. The van der Waals surface area contributed by atoms with Gasteiger partial charge in [0.05, 0.1) is 0 Å². The van der Waals surface area contributed by atoms with Crippen LogP contribution in [0.5, 0.6) is 0 Å². The minimum absolute atomic E-state index is 2.21. The lowest BCUT2D eigenvalue weighted by Gasteiger charge is -1.41. The summed E-state index contributed by atoms with van der Waals surface area (Å²) in [5.41, 5.74) is 192. The third-order valence-corrected chi connectivity index (χ3v) is 4.93. The van der Waals surface area contributed by atoms with Crippen molar-refractivity contribution in [2.45, 2.75) is 0 Å². The molecular formula is C79H2S. The molecule has 0 spiro atoms. The zero-order valence-corrected chi connectivity index (χ0v) is 40.9. The van der Waals surface area contributed by atoms with Crippen molar-refractivity contribution < 1.29 is 0 Å². The van der Waals surface area contributed by atoms with Gasteiger partial charge in [0, 0.05) is 395 Å². The summed E-state index contributed by atoms with van der Waals surface area (Å²) in [5.74, 6) is 0. The maximum Gasteiger partial charge on any atom is 0.0148 e. The average Bonchev–Trinajstić information content (AvgIpc) is 3.47. The summed E-state index contributed by atoms with van der Waals surface area (Å²) >= 11 is 4.40. The van der Waals surface area contributed by atoms with E-state index in [0.717, 1.165) is 0 Å². The van der Waals surface area contributed by atoms with Crippen LogP contribution >= 0.6 is 12.2 Å². The zero-order valence-electron chi connectivity index (χ0n) is 40.1. The van der Waals surface area contributed by atoms with E-state index in [0.29, 0.717) is 0 Å². The van der Waals surface area contributed by atoms with Crippen molar-refractivity contribution >= 4 is 17.2 Å². The monoisotopic (exact) mass is 982 g/mol. The smallest absolute Gasteiger partial charge is 0.0148 e. The first-order valence-corrected chi connectivity index (χ1v) is 20.2. The Labute approximate surface area is 462 Å². The molecule has 80 heavy (non-hydrogen) atoms. The summed E-state index contributed by atoms with van der Waals surface area (Å²) < 4.78 is 0. The van der Waals surface area contributed by atoms with Gasteiger partial charge in [0.1, 0.15) is 0 Å². The van der Waals surface area contributed by atoms with Crippen LogP contribution in [0.15, 0.2) is 448 Å². The third-order valence-electron chi connectivity index (χ3n) is 4.83. The summed E-state index contributed by atoms with van der Waals surface area (Å²) in [4.78, 5) is 0. The number of hydrogen-bond donors (Lipinski definition) is 0. The van der Waals surface area contributed by atoms with Crippen molar-refractivity contribution in [2.75, 3.05) is 0 Å². The normalized spacial score (nSPS) is 3.95. The van der Waals surface area contributed by atoms with Gasteiger partial charge in [-0.25, -0.2) is 0 Å². The van der Waals surface area contributed by atoms with Gasteiger partial charge in [0.25, 0.3) is 0 Å². The number of thiocarbonyl (C=S) groups is 1. The van der Waals surface area contributed by atoms with Gasteiger partial charge in [-0.2, -0.15) is 0 Å². The Kier molecular flexibility index (Phi) is 48.7. The van der Waals surface area contributed by atoms with E-state index in [2.05, 4.69) is 465 Å². The third kappa shape index (κ3) is 60.9. The molecule has 0 aromatic rings. The largest absolute Gasteiger partial charge is 0.0687 e. The van der Waals surface area contributed by atoms with Crippen molar-refractivity contribution in [1.82, 2.24) is 0 Å². The molecule has 0 aromatic carbocycles. The van der Waals surface area contributed by atoms with Crippen molar-refractivity contribution in [3.05, 3.63) is 448 Å². The molecule has 0 aliphatic heterocycles. The second-order valence-electron chi connectivity index (χ2n) is 9.78. The number of hydrogen-bond acceptors (Lipinski definition) is 1. The van der Waals surface area contributed by atoms with Gasteiger partial charge in [-0.3, -0.25) is 0 Å². The van der Waals surface area contributed by atoms with Crippen LogP contribution in [0, 0.1) is 0 Å². The van der Waals surface area contributed by atoms with Crippen LogP contribution in [-0.2, 0) is 0 Å². The van der Waals surface area contributed by atoms with Gasteiger partial charge in [-0.1, -0.05) is 5.73 Å². The van der Waals surface area contributed by atoms with E-state index >= 15 is 0 Å². The molecule has 0 aliphatic rings. The number of rotatable bonds is 0. The first kappa shape index (κ1) is 62.9. The quantitative estimate of drug-likeness (QED) is 0.172. The SMILES string of the molecule is C=C=C=C=C=C=C=C=C=C=C=C=C=C=C=C=C=C=C=C=C=C=C=C=C=C=C=C=C=C=C=C=C=C=C=C=C=C=C=C=C=C=C=C=C=C=C=C=C=C=C=C=C=C=C=C=C=C=C=C=C=C=C=C=C=C=C=C=C=C=C=C=C=C=C=C=C=C=C=S. The Bertz CT molecular complexity index is 5730. The molecule has 0 amide bonds. The molecule has 0 bridgehead atoms. The molecule has 0 fully saturated rings. The lowest BCUT2D eigenvalue weighted by molar-refractivity contribution is 2.10. The molecule has 0 heterocycles. The van der Waals surface area contributed by atoms with Crippen molar-refractivity contribution in [1.29, 1.82) is 0 Å². The predicted molar refractivity (Wildman–Crippen MR) is 289 cm³/mol. The molecule has 0 unspecified atom stereocenters. The minimum Gasteiger partial charge on any atom is -0.0687 e. The van der Waals surface area contributed by atoms with Gasteiger partial charge in [0.15, 0.2) is 0 Å². The summed E-state index contributed by atoms with van der Waals surface area (Å²) in [5, 5.41) is 2.21. The first-order chi connectivity index (χ1) is 39.9. The van der Waals surface area contributed by atoms with Crippen molar-refractivity contribution in [3.63, 3.8) is 0 Å². The van der Waals surface area contributed by atoms with Crippen LogP contribution < -0.4 is 0 Å². The van der Waals surface area contributed by atoms with Crippen LogP contribution in [0.2, 0.25) is 0 Å². The molecule has 0 nitrogen and oxygen atoms in total. The molecule has 0 saturated carbocycles. The fourth-order valence-electron chi connectivity index (χ4n) is 2.38. The molecule has 0 atom stereocenters. The maximum atomic E-state index is 4.40. The van der Waals surface area contributed by atoms with Crippen LogP contribution in [0.1, 0.15) is 0 Å². The Balaban J connectivity index is 6.16. The Morgan fingerprint density at radius 3 is 0.225 bits per heavy atom. The fraction of sp³-hybridized carbons (Fsp3) is 0. The minimum atomic E-state index is 2.21. The van der Waals surface area contributed by atoms with Crippen molar-refractivity contribution in [2.24, 2.45) is 0 Å². The Hall–Kier alpha value is -17.1. The second kappa shape index (κ2) is 61.9. The highest BCUT2D eigenvalue weighted by Crippen LogP contribution is 1.64. The van der Waals surface area contributed by atoms with E-state index in [1.165, 1.54) is 0 Å². The summed E-state index contributed by atoms with van der Waals surface area (Å²) in [6.07, 6.45) is 0. The molecule has 324 valence electrons. The lowest BCUT2D eigenvalue weighted by atomic mass is 10.6. The van der Waals surface area contributed by atoms with E-state index in [1.54, 1.807) is 0 Å². The standard InChI is InChI=1S/C79H2S/c1-2-3-4-5-6-7-8-9-10-11-12-13-14-15-16-17-18-19-20-21-22-23-24-25-26-27-28-29-30-31-32-33-34-35-36-37-38-39-40-41-42-43-44-45-46-47-48-49-50-51-52-53-54-55-56-57-58-59-60-61-62-63-64-65-66-67-68-69-70-71-72-73-74-75-76-77-78-79-80/h1H2. The molecule has 0 rings (SSSR count). The van der Waals surface area contributed by atoms with Crippen LogP contribution in [0.3, 0.4) is 0 Å².